The summed E-state index contributed by atoms with van der Waals surface area (Å²) in [5, 5.41) is 7.24. The van der Waals surface area contributed by atoms with Crippen LogP contribution in [0.5, 0.6) is 0 Å². The molecule has 5 nitrogen and oxygen atoms in total. The number of carbonyl (C=O) groups is 1. The van der Waals surface area contributed by atoms with Crippen molar-refractivity contribution in [3.63, 3.8) is 0 Å². The largest absolute Gasteiger partial charge is 0.360 e. The molecule has 5 heteroatoms. The van der Waals surface area contributed by atoms with Gasteiger partial charge in [-0.1, -0.05) is 38.3 Å². The van der Waals surface area contributed by atoms with Gasteiger partial charge in [0.15, 0.2) is 5.76 Å². The Labute approximate surface area is 133 Å². The summed E-state index contributed by atoms with van der Waals surface area (Å²) in [5.41, 5.74) is 0.961. The Bertz CT molecular complexity index is 466. The Morgan fingerprint density at radius 1 is 1.41 bits per heavy atom. The highest BCUT2D eigenvalue weighted by Crippen LogP contribution is 2.18. The maximum absolute atomic E-state index is 12.5. The molecule has 1 heterocycles. The van der Waals surface area contributed by atoms with Crippen molar-refractivity contribution in [3.8, 4) is 0 Å². The molecule has 2 rings (SSSR count). The number of nitrogens with zero attached hydrogens (tertiary/aromatic N) is 2. The van der Waals surface area contributed by atoms with Gasteiger partial charge >= 0.3 is 0 Å². The summed E-state index contributed by atoms with van der Waals surface area (Å²) < 4.78 is 5.33. The van der Waals surface area contributed by atoms with Crippen molar-refractivity contribution >= 4 is 5.91 Å². The third-order valence-electron chi connectivity index (χ3n) is 4.55. The molecule has 0 radical (unpaired) electrons. The van der Waals surface area contributed by atoms with Gasteiger partial charge in [-0.25, -0.2) is 0 Å². The van der Waals surface area contributed by atoms with Crippen LogP contribution in [0, 0.1) is 0 Å². The predicted molar refractivity (Wildman–Crippen MR) is 86.4 cm³/mol. The summed E-state index contributed by atoms with van der Waals surface area (Å²) in [5.74, 6) is 0.968. The molecule has 0 spiro atoms. The first-order valence-electron chi connectivity index (χ1n) is 8.59. The van der Waals surface area contributed by atoms with Gasteiger partial charge in [0.05, 0.1) is 18.3 Å². The molecule has 1 aromatic rings. The third kappa shape index (κ3) is 4.57. The summed E-state index contributed by atoms with van der Waals surface area (Å²) in [4.78, 5) is 14.6. The average molecular weight is 307 g/mol. The van der Waals surface area contributed by atoms with Crippen LogP contribution in [-0.2, 0) is 17.8 Å². The van der Waals surface area contributed by atoms with Crippen molar-refractivity contribution in [2.45, 2.75) is 77.4 Å². The quantitative estimate of drug-likeness (QED) is 0.841. The normalized spacial score (nSPS) is 17.6. The topological polar surface area (TPSA) is 58.4 Å². The summed E-state index contributed by atoms with van der Waals surface area (Å²) in [6, 6.07) is 2.22. The van der Waals surface area contributed by atoms with Crippen molar-refractivity contribution in [1.82, 2.24) is 15.4 Å². The lowest BCUT2D eigenvalue weighted by Crippen LogP contribution is -2.48. The number of rotatable bonds is 7. The lowest BCUT2D eigenvalue weighted by atomic mass is 9.95. The standard InChI is InChI=1S/C17H29N3O2/c1-4-13-11-15(22-19-13)12-20(3)16(5-2)17(21)18-14-9-7-6-8-10-14/h11,14,16H,4-10,12H2,1-3H3,(H,18,21). The van der Waals surface area contributed by atoms with E-state index in [1.807, 2.05) is 13.1 Å². The molecule has 22 heavy (non-hydrogen) atoms. The summed E-state index contributed by atoms with van der Waals surface area (Å²) in [7, 11) is 1.97. The molecule has 0 aromatic carbocycles. The van der Waals surface area contributed by atoms with Crippen LogP contribution in [0.25, 0.3) is 0 Å². The number of carbonyl (C=O) groups excluding carboxylic acids is 1. The van der Waals surface area contributed by atoms with E-state index in [0.717, 1.165) is 37.1 Å². The maximum atomic E-state index is 12.5. The Hall–Kier alpha value is -1.36. The van der Waals surface area contributed by atoms with Crippen molar-refractivity contribution < 1.29 is 9.32 Å². The molecule has 0 aliphatic heterocycles. The SMILES string of the molecule is CCc1cc(CN(C)C(CC)C(=O)NC2CCCCC2)on1. The van der Waals surface area contributed by atoms with Gasteiger partial charge in [-0.15, -0.1) is 0 Å². The van der Waals surface area contributed by atoms with Gasteiger partial charge in [0.25, 0.3) is 0 Å². The molecule has 1 N–H and O–H groups in total. The molecule has 0 bridgehead atoms. The zero-order chi connectivity index (χ0) is 15.9. The second kappa shape index (κ2) is 8.32. The number of hydrogen-bond acceptors (Lipinski definition) is 4. The highest BCUT2D eigenvalue weighted by molar-refractivity contribution is 5.81. The van der Waals surface area contributed by atoms with Crippen LogP contribution in [0.3, 0.4) is 0 Å². The molecule has 1 saturated carbocycles. The first-order valence-corrected chi connectivity index (χ1v) is 8.59. The van der Waals surface area contributed by atoms with Gasteiger partial charge in [0.1, 0.15) is 0 Å². The second-order valence-corrected chi connectivity index (χ2v) is 6.32. The zero-order valence-corrected chi connectivity index (χ0v) is 14.1. The molecule has 1 atom stereocenters. The smallest absolute Gasteiger partial charge is 0.237 e. The average Bonchev–Trinajstić information content (AvgIpc) is 2.96. The molecule has 124 valence electrons. The number of aryl methyl sites for hydroxylation is 1. The van der Waals surface area contributed by atoms with Crippen LogP contribution in [0.2, 0.25) is 0 Å². The lowest BCUT2D eigenvalue weighted by Gasteiger charge is -2.29. The van der Waals surface area contributed by atoms with E-state index in [0.29, 0.717) is 12.6 Å². The third-order valence-corrected chi connectivity index (χ3v) is 4.55. The van der Waals surface area contributed by atoms with Crippen molar-refractivity contribution in [1.29, 1.82) is 0 Å². The maximum Gasteiger partial charge on any atom is 0.237 e. The molecular weight excluding hydrogens is 278 g/mol. The minimum atomic E-state index is -0.114. The monoisotopic (exact) mass is 307 g/mol. The Kier molecular flexibility index (Phi) is 6.43. The highest BCUT2D eigenvalue weighted by Gasteiger charge is 2.25. The lowest BCUT2D eigenvalue weighted by molar-refractivity contribution is -0.127. The molecule has 1 aromatic heterocycles. The summed E-state index contributed by atoms with van der Waals surface area (Å²) in [6.45, 7) is 4.72. The second-order valence-electron chi connectivity index (χ2n) is 6.32. The van der Waals surface area contributed by atoms with Crippen LogP contribution < -0.4 is 5.32 Å². The summed E-state index contributed by atoms with van der Waals surface area (Å²) >= 11 is 0. The zero-order valence-electron chi connectivity index (χ0n) is 14.1. The van der Waals surface area contributed by atoms with Crippen LogP contribution in [0.4, 0.5) is 0 Å². The number of aromatic nitrogens is 1. The van der Waals surface area contributed by atoms with E-state index in [2.05, 4.69) is 29.2 Å². The predicted octanol–water partition coefficient (Wildman–Crippen LogP) is 2.90. The van der Waals surface area contributed by atoms with E-state index < -0.39 is 0 Å². The van der Waals surface area contributed by atoms with Gasteiger partial charge in [-0.3, -0.25) is 9.69 Å². The van der Waals surface area contributed by atoms with E-state index in [1.165, 1.54) is 19.3 Å². The van der Waals surface area contributed by atoms with E-state index in [1.54, 1.807) is 0 Å². The Balaban J connectivity index is 1.89. The molecule has 1 aliphatic rings. The fraction of sp³-hybridized carbons (Fsp3) is 0.765. The van der Waals surface area contributed by atoms with Crippen LogP contribution in [-0.4, -0.2) is 35.1 Å². The van der Waals surface area contributed by atoms with Crippen LogP contribution in [0.1, 0.15) is 63.8 Å². The first kappa shape index (κ1) is 17.0. The van der Waals surface area contributed by atoms with Crippen molar-refractivity contribution in [3.05, 3.63) is 17.5 Å². The minimum absolute atomic E-state index is 0.114. The van der Waals surface area contributed by atoms with Crippen molar-refractivity contribution in [2.24, 2.45) is 0 Å². The van der Waals surface area contributed by atoms with Gasteiger partial charge in [0.2, 0.25) is 5.91 Å². The highest BCUT2D eigenvalue weighted by atomic mass is 16.5. The Morgan fingerprint density at radius 3 is 2.73 bits per heavy atom. The van der Waals surface area contributed by atoms with Crippen LogP contribution in [0.15, 0.2) is 10.6 Å². The van der Waals surface area contributed by atoms with Gasteiger partial charge < -0.3 is 9.84 Å². The van der Waals surface area contributed by atoms with Gasteiger partial charge in [0, 0.05) is 12.1 Å². The van der Waals surface area contributed by atoms with Crippen molar-refractivity contribution in [2.75, 3.05) is 7.05 Å². The fourth-order valence-corrected chi connectivity index (χ4v) is 3.19. The van der Waals surface area contributed by atoms with Gasteiger partial charge in [-0.2, -0.15) is 0 Å². The Morgan fingerprint density at radius 2 is 2.14 bits per heavy atom. The van der Waals surface area contributed by atoms with E-state index >= 15 is 0 Å². The van der Waals surface area contributed by atoms with E-state index in [-0.39, 0.29) is 11.9 Å². The molecule has 1 fully saturated rings. The molecular formula is C17H29N3O2. The van der Waals surface area contributed by atoms with E-state index in [9.17, 15) is 4.79 Å². The van der Waals surface area contributed by atoms with Crippen LogP contribution >= 0.6 is 0 Å². The molecule has 1 amide bonds. The summed E-state index contributed by atoms with van der Waals surface area (Å²) in [6.07, 6.45) is 7.66. The number of nitrogens with one attached hydrogen (secondary N) is 1. The first-order chi connectivity index (χ1) is 10.6. The molecule has 1 aliphatic carbocycles. The molecule has 0 saturated heterocycles. The minimum Gasteiger partial charge on any atom is -0.360 e. The number of amides is 1. The number of likely N-dealkylation sites (N-methyl/N-ethyl adjacent to an activating group) is 1. The number of hydrogen-bond donors (Lipinski definition) is 1. The van der Waals surface area contributed by atoms with E-state index in [4.69, 9.17) is 4.52 Å². The fourth-order valence-electron chi connectivity index (χ4n) is 3.19. The van der Waals surface area contributed by atoms with Gasteiger partial charge in [-0.05, 0) is 32.7 Å². The molecule has 1 unspecified atom stereocenters.